The number of aromatic carboxylic acids is 1. The quantitative estimate of drug-likeness (QED) is 0.765. The van der Waals surface area contributed by atoms with Crippen molar-refractivity contribution in [3.63, 3.8) is 0 Å². The molecule has 0 radical (unpaired) electrons. The number of carboxylic acid groups (broad SMARTS) is 1. The second kappa shape index (κ2) is 3.98. The molecule has 1 N–H and O–H groups in total. The lowest BCUT2D eigenvalue weighted by molar-refractivity contribution is 0.0664. The minimum Gasteiger partial charge on any atom is -0.475 e. The van der Waals surface area contributed by atoms with Crippen LogP contribution in [0.1, 0.15) is 21.8 Å². The number of furan rings is 1. The van der Waals surface area contributed by atoms with E-state index < -0.39 is 5.97 Å². The molecule has 0 atom stereocenters. The van der Waals surface area contributed by atoms with Gasteiger partial charge in [-0.3, -0.25) is 0 Å². The maximum atomic E-state index is 11.0. The number of carboxylic acids is 1. The Bertz CT molecular complexity index is 783. The van der Waals surface area contributed by atoms with Crippen LogP contribution in [0.3, 0.4) is 0 Å². The molecule has 3 rings (SSSR count). The highest BCUT2D eigenvalue weighted by molar-refractivity contribution is 5.91. The number of carbonyl (C=O) groups is 1. The van der Waals surface area contributed by atoms with Gasteiger partial charge in [0.2, 0.25) is 11.5 Å². The van der Waals surface area contributed by atoms with Crippen molar-refractivity contribution in [3.8, 4) is 5.69 Å². The molecule has 5 heteroatoms. The predicted octanol–water partition coefficient (Wildman–Crippen LogP) is 2.93. The summed E-state index contributed by atoms with van der Waals surface area (Å²) in [5, 5.41) is 14.1. The van der Waals surface area contributed by atoms with Crippen molar-refractivity contribution in [2.45, 2.75) is 13.8 Å². The van der Waals surface area contributed by atoms with Crippen molar-refractivity contribution in [1.29, 1.82) is 0 Å². The lowest BCUT2D eigenvalue weighted by atomic mass is 10.2. The molecule has 19 heavy (non-hydrogen) atoms. The number of fused-ring (bicyclic) bond motifs is 1. The van der Waals surface area contributed by atoms with E-state index in [0.29, 0.717) is 5.71 Å². The summed E-state index contributed by atoms with van der Waals surface area (Å²) in [5.74, 6) is -1.15. The molecule has 0 saturated carbocycles. The van der Waals surface area contributed by atoms with Gasteiger partial charge >= 0.3 is 5.97 Å². The summed E-state index contributed by atoms with van der Waals surface area (Å²) in [6.45, 7) is 3.82. The fraction of sp³-hybridized carbons (Fsp3) is 0.143. The maximum absolute atomic E-state index is 11.0. The normalized spacial score (nSPS) is 11.1. The lowest BCUT2D eigenvalue weighted by Crippen LogP contribution is -1.97. The van der Waals surface area contributed by atoms with Crippen LogP contribution in [-0.4, -0.2) is 20.9 Å². The molecule has 0 aliphatic heterocycles. The van der Waals surface area contributed by atoms with Crippen molar-refractivity contribution in [2.75, 3.05) is 0 Å². The van der Waals surface area contributed by atoms with Gasteiger partial charge in [0, 0.05) is 6.07 Å². The highest BCUT2D eigenvalue weighted by Gasteiger charge is 2.18. The van der Waals surface area contributed by atoms with E-state index in [4.69, 9.17) is 9.52 Å². The van der Waals surface area contributed by atoms with Crippen LogP contribution >= 0.6 is 0 Å². The monoisotopic (exact) mass is 256 g/mol. The molecule has 5 nitrogen and oxygen atoms in total. The average molecular weight is 256 g/mol. The Balaban J connectivity index is 2.26. The number of aromatic nitrogens is 2. The third kappa shape index (κ3) is 1.79. The number of aryl methyl sites for hydroxylation is 2. The first kappa shape index (κ1) is 11.5. The van der Waals surface area contributed by atoms with E-state index in [1.54, 1.807) is 4.68 Å². The van der Waals surface area contributed by atoms with Crippen LogP contribution in [0.2, 0.25) is 0 Å². The molecular formula is C14H12N2O3. The van der Waals surface area contributed by atoms with Crippen LogP contribution in [-0.2, 0) is 0 Å². The average Bonchev–Trinajstić information content (AvgIpc) is 2.90. The zero-order valence-corrected chi connectivity index (χ0v) is 10.5. The first-order valence-electron chi connectivity index (χ1n) is 5.86. The predicted molar refractivity (Wildman–Crippen MR) is 69.8 cm³/mol. The molecule has 2 aromatic heterocycles. The standard InChI is InChI=1S/C14H12N2O3/c1-8-4-3-5-10(6-8)16-13-11(9(2)15-16)7-12(19-13)14(17)18/h3-7H,1-2H3,(H,17,18). The Morgan fingerprint density at radius 2 is 2.11 bits per heavy atom. The molecule has 0 spiro atoms. The van der Waals surface area contributed by atoms with E-state index in [2.05, 4.69) is 5.10 Å². The van der Waals surface area contributed by atoms with E-state index in [-0.39, 0.29) is 5.76 Å². The number of hydrogen-bond acceptors (Lipinski definition) is 3. The summed E-state index contributed by atoms with van der Waals surface area (Å²) in [4.78, 5) is 11.0. The largest absolute Gasteiger partial charge is 0.475 e. The molecule has 0 bridgehead atoms. The van der Waals surface area contributed by atoms with Crippen molar-refractivity contribution < 1.29 is 14.3 Å². The van der Waals surface area contributed by atoms with E-state index in [9.17, 15) is 4.79 Å². The summed E-state index contributed by atoms with van der Waals surface area (Å²) < 4.78 is 7.01. The van der Waals surface area contributed by atoms with Crippen LogP contribution in [0.5, 0.6) is 0 Å². The zero-order chi connectivity index (χ0) is 13.6. The third-order valence-corrected chi connectivity index (χ3v) is 3.00. The number of nitrogens with zero attached hydrogens (tertiary/aromatic N) is 2. The smallest absolute Gasteiger partial charge is 0.371 e. The molecule has 3 aromatic rings. The Morgan fingerprint density at radius 3 is 2.79 bits per heavy atom. The second-order valence-corrected chi connectivity index (χ2v) is 4.47. The van der Waals surface area contributed by atoms with E-state index in [1.807, 2.05) is 38.1 Å². The molecule has 0 saturated heterocycles. The van der Waals surface area contributed by atoms with Crippen LogP contribution in [0.25, 0.3) is 16.8 Å². The molecule has 0 unspecified atom stereocenters. The minimum absolute atomic E-state index is 0.0723. The summed E-state index contributed by atoms with van der Waals surface area (Å²) in [6.07, 6.45) is 0. The van der Waals surface area contributed by atoms with Gasteiger partial charge in [0.25, 0.3) is 0 Å². The topological polar surface area (TPSA) is 68.3 Å². The van der Waals surface area contributed by atoms with E-state index >= 15 is 0 Å². The third-order valence-electron chi connectivity index (χ3n) is 3.00. The SMILES string of the molecule is Cc1cccc(-n2nc(C)c3cc(C(=O)O)oc32)c1. The van der Waals surface area contributed by atoms with Crippen LogP contribution in [0.4, 0.5) is 0 Å². The molecular weight excluding hydrogens is 244 g/mol. The Morgan fingerprint density at radius 1 is 1.32 bits per heavy atom. The summed E-state index contributed by atoms with van der Waals surface area (Å²) >= 11 is 0. The van der Waals surface area contributed by atoms with Gasteiger partial charge in [-0.05, 0) is 31.5 Å². The van der Waals surface area contributed by atoms with Crippen LogP contribution in [0.15, 0.2) is 34.7 Å². The molecule has 0 aliphatic rings. The fourth-order valence-corrected chi connectivity index (χ4v) is 2.09. The van der Waals surface area contributed by atoms with Gasteiger partial charge in [0.15, 0.2) is 0 Å². The van der Waals surface area contributed by atoms with Gasteiger partial charge < -0.3 is 9.52 Å². The van der Waals surface area contributed by atoms with Gasteiger partial charge in [-0.1, -0.05) is 12.1 Å². The van der Waals surface area contributed by atoms with Crippen molar-refractivity contribution >= 4 is 17.1 Å². The second-order valence-electron chi connectivity index (χ2n) is 4.47. The number of hydrogen-bond donors (Lipinski definition) is 1. The minimum atomic E-state index is -1.08. The van der Waals surface area contributed by atoms with E-state index in [1.165, 1.54) is 6.07 Å². The van der Waals surface area contributed by atoms with Gasteiger partial charge in [-0.15, -0.1) is 0 Å². The lowest BCUT2D eigenvalue weighted by Gasteiger charge is -2.02. The first-order valence-corrected chi connectivity index (χ1v) is 5.86. The summed E-state index contributed by atoms with van der Waals surface area (Å²) in [6, 6.07) is 9.29. The van der Waals surface area contributed by atoms with Gasteiger partial charge in [-0.2, -0.15) is 9.78 Å². The summed E-state index contributed by atoms with van der Waals surface area (Å²) in [7, 11) is 0. The van der Waals surface area contributed by atoms with Crippen molar-refractivity contribution in [2.24, 2.45) is 0 Å². The Kier molecular flexibility index (Phi) is 2.41. The maximum Gasteiger partial charge on any atom is 0.371 e. The van der Waals surface area contributed by atoms with Crippen LogP contribution < -0.4 is 0 Å². The van der Waals surface area contributed by atoms with Gasteiger partial charge in [-0.25, -0.2) is 4.79 Å². The van der Waals surface area contributed by atoms with Crippen molar-refractivity contribution in [1.82, 2.24) is 9.78 Å². The molecule has 0 aliphatic carbocycles. The summed E-state index contributed by atoms with van der Waals surface area (Å²) in [5.41, 5.74) is 3.15. The highest BCUT2D eigenvalue weighted by Crippen LogP contribution is 2.25. The zero-order valence-electron chi connectivity index (χ0n) is 10.5. The Labute approximate surface area is 109 Å². The van der Waals surface area contributed by atoms with E-state index in [0.717, 1.165) is 22.3 Å². The molecule has 0 fully saturated rings. The van der Waals surface area contributed by atoms with Crippen LogP contribution in [0, 0.1) is 13.8 Å². The highest BCUT2D eigenvalue weighted by atomic mass is 16.4. The Hall–Kier alpha value is -2.56. The van der Waals surface area contributed by atoms with Crippen molar-refractivity contribution in [3.05, 3.63) is 47.3 Å². The number of rotatable bonds is 2. The fourth-order valence-electron chi connectivity index (χ4n) is 2.09. The molecule has 1 aromatic carbocycles. The number of benzene rings is 1. The molecule has 2 heterocycles. The molecule has 96 valence electrons. The first-order chi connectivity index (χ1) is 9.06. The molecule has 0 amide bonds. The van der Waals surface area contributed by atoms with Gasteiger partial charge in [0.05, 0.1) is 16.8 Å². The van der Waals surface area contributed by atoms with Gasteiger partial charge in [0.1, 0.15) is 0 Å².